The maximum absolute atomic E-state index is 12.2. The summed E-state index contributed by atoms with van der Waals surface area (Å²) in [5.41, 5.74) is 1.08. The number of esters is 1. The van der Waals surface area contributed by atoms with Crippen LogP contribution in [-0.2, 0) is 14.3 Å². The molecule has 2 aromatic rings. The van der Waals surface area contributed by atoms with Crippen LogP contribution in [0.25, 0.3) is 0 Å². The number of Topliss-reactive ketones (excluding diaryl/α,β-unsaturated/α-hetero) is 1. The van der Waals surface area contributed by atoms with Crippen molar-refractivity contribution in [3.8, 4) is 6.07 Å². The Kier molecular flexibility index (Phi) is 7.07. The number of ether oxygens (including phenoxy) is 1. The van der Waals surface area contributed by atoms with Crippen LogP contribution in [0.1, 0.15) is 23.2 Å². The Morgan fingerprint density at radius 2 is 1.54 bits per heavy atom. The summed E-state index contributed by atoms with van der Waals surface area (Å²) in [6.07, 6.45) is -0.0950. The van der Waals surface area contributed by atoms with E-state index in [9.17, 15) is 14.4 Å². The molecule has 0 fully saturated rings. The molecule has 0 atom stereocenters. The maximum atomic E-state index is 12.2. The second-order valence-corrected chi connectivity index (χ2v) is 5.42. The van der Waals surface area contributed by atoms with E-state index in [1.807, 2.05) is 6.07 Å². The number of carbonyl (C=O) groups excluding carboxylic acids is 3. The molecule has 0 unspecified atom stereocenters. The van der Waals surface area contributed by atoms with E-state index in [4.69, 9.17) is 10.00 Å². The van der Waals surface area contributed by atoms with Gasteiger partial charge in [0, 0.05) is 17.7 Å². The normalized spacial score (nSPS) is 9.81. The molecule has 132 valence electrons. The van der Waals surface area contributed by atoms with Crippen molar-refractivity contribution >= 4 is 23.3 Å². The molecule has 0 aliphatic carbocycles. The summed E-state index contributed by atoms with van der Waals surface area (Å²) in [7, 11) is 0. The van der Waals surface area contributed by atoms with Gasteiger partial charge in [-0.1, -0.05) is 48.5 Å². The van der Waals surface area contributed by atoms with Crippen molar-refractivity contribution in [1.82, 2.24) is 0 Å². The molecule has 0 aliphatic heterocycles. The Hall–Kier alpha value is -3.46. The zero-order valence-electron chi connectivity index (χ0n) is 14.1. The molecule has 1 amide bonds. The summed E-state index contributed by atoms with van der Waals surface area (Å²) in [6, 6.07) is 19.2. The van der Waals surface area contributed by atoms with Crippen LogP contribution in [0.15, 0.2) is 60.7 Å². The molecule has 0 heterocycles. The third-order valence-electron chi connectivity index (χ3n) is 3.61. The summed E-state index contributed by atoms with van der Waals surface area (Å²) in [6.45, 7) is -0.623. The Bertz CT molecular complexity index is 798. The minimum absolute atomic E-state index is 0.0115. The highest BCUT2D eigenvalue weighted by Gasteiger charge is 2.18. The molecule has 26 heavy (non-hydrogen) atoms. The van der Waals surface area contributed by atoms with Gasteiger partial charge in [0.25, 0.3) is 5.91 Å². The first kappa shape index (κ1) is 18.9. The monoisotopic (exact) mass is 350 g/mol. The first-order chi connectivity index (χ1) is 12.6. The van der Waals surface area contributed by atoms with Crippen LogP contribution in [0.3, 0.4) is 0 Å². The predicted molar refractivity (Wildman–Crippen MR) is 95.4 cm³/mol. The van der Waals surface area contributed by atoms with E-state index in [1.165, 1.54) is 4.90 Å². The van der Waals surface area contributed by atoms with Gasteiger partial charge in [0.1, 0.15) is 6.54 Å². The van der Waals surface area contributed by atoms with Gasteiger partial charge >= 0.3 is 5.97 Å². The van der Waals surface area contributed by atoms with Crippen LogP contribution in [0, 0.1) is 11.3 Å². The zero-order chi connectivity index (χ0) is 18.8. The van der Waals surface area contributed by atoms with Crippen molar-refractivity contribution < 1.29 is 19.1 Å². The van der Waals surface area contributed by atoms with Crippen LogP contribution in [0.5, 0.6) is 0 Å². The van der Waals surface area contributed by atoms with Gasteiger partial charge < -0.3 is 4.74 Å². The number of nitrogens with zero attached hydrogens (tertiary/aromatic N) is 2. The second kappa shape index (κ2) is 9.74. The molecule has 0 aromatic heterocycles. The van der Waals surface area contributed by atoms with E-state index in [2.05, 4.69) is 0 Å². The Morgan fingerprint density at radius 3 is 2.15 bits per heavy atom. The fraction of sp³-hybridized carbons (Fsp3) is 0.200. The summed E-state index contributed by atoms with van der Waals surface area (Å²) >= 11 is 0. The topological polar surface area (TPSA) is 87.5 Å². The number of hydrogen-bond donors (Lipinski definition) is 0. The molecule has 0 spiro atoms. The molecule has 2 rings (SSSR count). The van der Waals surface area contributed by atoms with Gasteiger partial charge in [-0.2, -0.15) is 5.26 Å². The van der Waals surface area contributed by atoms with Crippen LogP contribution < -0.4 is 4.90 Å². The molecule has 0 saturated heterocycles. The zero-order valence-corrected chi connectivity index (χ0v) is 14.1. The van der Waals surface area contributed by atoms with Crippen molar-refractivity contribution in [3.63, 3.8) is 0 Å². The number of anilines is 1. The van der Waals surface area contributed by atoms with Gasteiger partial charge in [0.15, 0.2) is 12.4 Å². The molecule has 6 heteroatoms. The van der Waals surface area contributed by atoms with Crippen LogP contribution in [-0.4, -0.2) is 30.8 Å². The molecule has 0 aliphatic rings. The van der Waals surface area contributed by atoms with Gasteiger partial charge in [-0.3, -0.25) is 19.3 Å². The molecule has 2 aromatic carbocycles. The van der Waals surface area contributed by atoms with E-state index < -0.39 is 18.5 Å². The van der Waals surface area contributed by atoms with E-state index >= 15 is 0 Å². The quantitative estimate of drug-likeness (QED) is 0.415. The molecule has 6 nitrogen and oxygen atoms in total. The average molecular weight is 350 g/mol. The Balaban J connectivity index is 1.83. The number of amides is 1. The summed E-state index contributed by atoms with van der Waals surface area (Å²) in [5.74, 6) is -1.29. The summed E-state index contributed by atoms with van der Waals surface area (Å²) < 4.78 is 4.95. The first-order valence-corrected chi connectivity index (χ1v) is 8.08. The standard InChI is InChI=1S/C20H18N2O4/c21-13-14-22(17-9-5-2-6-10-17)19(24)15-26-20(25)12-11-18(23)16-7-3-1-4-8-16/h1-10H,11-12,14-15H2. The van der Waals surface area contributed by atoms with Gasteiger partial charge in [0.2, 0.25) is 0 Å². The highest BCUT2D eigenvalue weighted by molar-refractivity contribution is 5.98. The van der Waals surface area contributed by atoms with Crippen LogP contribution in [0.4, 0.5) is 5.69 Å². The van der Waals surface area contributed by atoms with Gasteiger partial charge in [-0.05, 0) is 12.1 Å². The number of hydrogen-bond acceptors (Lipinski definition) is 5. The third-order valence-corrected chi connectivity index (χ3v) is 3.61. The smallest absolute Gasteiger partial charge is 0.306 e. The summed E-state index contributed by atoms with van der Waals surface area (Å²) in [5, 5.41) is 8.89. The number of nitriles is 1. The number of benzene rings is 2. The lowest BCUT2D eigenvalue weighted by Crippen LogP contribution is -2.35. The van der Waals surface area contributed by atoms with E-state index in [-0.39, 0.29) is 25.2 Å². The number of rotatable bonds is 8. The molecule has 0 saturated carbocycles. The van der Waals surface area contributed by atoms with Crippen LogP contribution in [0.2, 0.25) is 0 Å². The Labute approximate surface area is 151 Å². The summed E-state index contributed by atoms with van der Waals surface area (Å²) in [4.78, 5) is 37.2. The number of para-hydroxylation sites is 1. The lowest BCUT2D eigenvalue weighted by Gasteiger charge is -2.19. The average Bonchev–Trinajstić information content (AvgIpc) is 2.69. The SMILES string of the molecule is N#CCN(C(=O)COC(=O)CCC(=O)c1ccccc1)c1ccccc1. The minimum atomic E-state index is -0.632. The number of ketones is 1. The molecule has 0 radical (unpaired) electrons. The van der Waals surface area contributed by atoms with Gasteiger partial charge in [-0.25, -0.2) is 0 Å². The fourth-order valence-electron chi connectivity index (χ4n) is 2.28. The largest absolute Gasteiger partial charge is 0.456 e. The van der Waals surface area contributed by atoms with E-state index in [0.717, 1.165) is 0 Å². The third kappa shape index (κ3) is 5.56. The van der Waals surface area contributed by atoms with Crippen LogP contribution >= 0.6 is 0 Å². The van der Waals surface area contributed by atoms with Crippen molar-refractivity contribution in [2.45, 2.75) is 12.8 Å². The number of carbonyl (C=O) groups is 3. The highest BCUT2D eigenvalue weighted by atomic mass is 16.5. The van der Waals surface area contributed by atoms with E-state index in [0.29, 0.717) is 11.3 Å². The lowest BCUT2D eigenvalue weighted by atomic mass is 10.1. The van der Waals surface area contributed by atoms with Crippen molar-refractivity contribution in [3.05, 3.63) is 66.2 Å². The highest BCUT2D eigenvalue weighted by Crippen LogP contribution is 2.13. The maximum Gasteiger partial charge on any atom is 0.306 e. The Morgan fingerprint density at radius 1 is 0.923 bits per heavy atom. The van der Waals surface area contributed by atoms with Gasteiger partial charge in [-0.15, -0.1) is 0 Å². The molecule has 0 N–H and O–H groups in total. The second-order valence-electron chi connectivity index (χ2n) is 5.42. The molecule has 0 bridgehead atoms. The molecular formula is C20H18N2O4. The lowest BCUT2D eigenvalue weighted by molar-refractivity contribution is -0.147. The minimum Gasteiger partial charge on any atom is -0.456 e. The van der Waals surface area contributed by atoms with Gasteiger partial charge in [0.05, 0.1) is 12.5 Å². The predicted octanol–water partition coefficient (Wildman–Crippen LogP) is 2.75. The fourth-order valence-corrected chi connectivity index (χ4v) is 2.28. The van der Waals surface area contributed by atoms with E-state index in [1.54, 1.807) is 60.7 Å². The first-order valence-electron chi connectivity index (χ1n) is 8.08. The van der Waals surface area contributed by atoms with Crippen molar-refractivity contribution in [2.75, 3.05) is 18.1 Å². The molecular weight excluding hydrogens is 332 g/mol. The van der Waals surface area contributed by atoms with Crippen molar-refractivity contribution in [1.29, 1.82) is 5.26 Å². The van der Waals surface area contributed by atoms with Crippen molar-refractivity contribution in [2.24, 2.45) is 0 Å².